The largest absolute Gasteiger partial charge is 0.494 e. The number of rotatable bonds is 8. The molecule has 1 aromatic heterocycles. The minimum atomic E-state index is 0.427. The van der Waals surface area contributed by atoms with Crippen molar-refractivity contribution < 1.29 is 9.47 Å². The zero-order valence-electron chi connectivity index (χ0n) is 16.3. The van der Waals surface area contributed by atoms with Gasteiger partial charge in [-0.25, -0.2) is 4.98 Å². The SMILES string of the molecule is Cc1cc(OCCCn2c(COc3ccccc3)nc3ccccc32)ccc1Cl. The maximum absolute atomic E-state index is 6.08. The van der Waals surface area contributed by atoms with Crippen LogP contribution in [0.25, 0.3) is 11.0 Å². The smallest absolute Gasteiger partial charge is 0.147 e. The van der Waals surface area contributed by atoms with Crippen LogP contribution in [0.1, 0.15) is 17.8 Å². The van der Waals surface area contributed by atoms with Crippen LogP contribution in [0.4, 0.5) is 0 Å². The normalized spacial score (nSPS) is 11.0. The third-order valence-corrected chi connectivity index (χ3v) is 5.19. The molecule has 0 saturated carbocycles. The number of halogens is 1. The van der Waals surface area contributed by atoms with Crippen LogP contribution in [0.3, 0.4) is 0 Å². The molecule has 0 aliphatic rings. The van der Waals surface area contributed by atoms with E-state index in [0.717, 1.165) is 51.9 Å². The Labute approximate surface area is 175 Å². The summed E-state index contributed by atoms with van der Waals surface area (Å²) in [5.74, 6) is 2.60. The van der Waals surface area contributed by atoms with E-state index >= 15 is 0 Å². The average Bonchev–Trinajstić information content (AvgIpc) is 3.10. The standard InChI is InChI=1S/C24H23ClN2O2/c1-18-16-20(12-13-21(18)25)28-15-7-14-27-23-11-6-5-10-22(23)26-24(27)17-29-19-8-3-2-4-9-19/h2-6,8-13,16H,7,14-15,17H2,1H3. The molecular formula is C24H23ClN2O2. The van der Waals surface area contributed by atoms with Gasteiger partial charge in [-0.05, 0) is 61.4 Å². The number of ether oxygens (including phenoxy) is 2. The molecule has 0 bridgehead atoms. The summed E-state index contributed by atoms with van der Waals surface area (Å²) in [6.45, 7) is 3.83. The predicted molar refractivity (Wildman–Crippen MR) is 117 cm³/mol. The Hall–Kier alpha value is -2.98. The molecule has 5 heteroatoms. The van der Waals surface area contributed by atoms with E-state index in [1.807, 2.05) is 73.7 Å². The van der Waals surface area contributed by atoms with E-state index in [4.69, 9.17) is 26.1 Å². The van der Waals surface area contributed by atoms with Gasteiger partial charge in [-0.1, -0.05) is 41.9 Å². The maximum Gasteiger partial charge on any atom is 0.147 e. The first-order valence-corrected chi connectivity index (χ1v) is 10.1. The number of fused-ring (bicyclic) bond motifs is 1. The van der Waals surface area contributed by atoms with Crippen molar-refractivity contribution in [3.05, 3.63) is 89.2 Å². The summed E-state index contributed by atoms with van der Waals surface area (Å²) in [4.78, 5) is 4.77. The number of para-hydroxylation sites is 3. The summed E-state index contributed by atoms with van der Waals surface area (Å²) < 4.78 is 14.0. The maximum atomic E-state index is 6.08. The number of nitrogens with zero attached hydrogens (tertiary/aromatic N) is 2. The van der Waals surface area contributed by atoms with Crippen LogP contribution in [0, 0.1) is 6.92 Å². The molecule has 0 fully saturated rings. The van der Waals surface area contributed by atoms with E-state index < -0.39 is 0 Å². The van der Waals surface area contributed by atoms with E-state index in [-0.39, 0.29) is 0 Å². The van der Waals surface area contributed by atoms with Crippen molar-refractivity contribution in [1.29, 1.82) is 0 Å². The van der Waals surface area contributed by atoms with Crippen molar-refractivity contribution in [3.63, 3.8) is 0 Å². The molecule has 0 amide bonds. The Kier molecular flexibility index (Phi) is 6.01. The number of benzene rings is 3. The van der Waals surface area contributed by atoms with Crippen molar-refractivity contribution in [2.24, 2.45) is 0 Å². The summed E-state index contributed by atoms with van der Waals surface area (Å²) in [7, 11) is 0. The first-order valence-electron chi connectivity index (χ1n) is 9.71. The van der Waals surface area contributed by atoms with Gasteiger partial charge in [0.2, 0.25) is 0 Å². The van der Waals surface area contributed by atoms with Gasteiger partial charge in [0.1, 0.15) is 23.9 Å². The fourth-order valence-electron chi connectivity index (χ4n) is 3.27. The predicted octanol–water partition coefficient (Wildman–Crippen LogP) is 6.05. The first-order chi connectivity index (χ1) is 14.2. The van der Waals surface area contributed by atoms with Gasteiger partial charge in [0, 0.05) is 11.6 Å². The van der Waals surface area contributed by atoms with Crippen LogP contribution in [0.15, 0.2) is 72.8 Å². The summed E-state index contributed by atoms with van der Waals surface area (Å²) in [5.41, 5.74) is 3.11. The van der Waals surface area contributed by atoms with Gasteiger partial charge in [-0.15, -0.1) is 0 Å². The van der Waals surface area contributed by atoms with Crippen LogP contribution < -0.4 is 9.47 Å². The Morgan fingerprint density at radius 3 is 2.52 bits per heavy atom. The molecule has 4 rings (SSSR count). The summed E-state index contributed by atoms with van der Waals surface area (Å²) in [6.07, 6.45) is 0.861. The molecule has 4 nitrogen and oxygen atoms in total. The molecular weight excluding hydrogens is 384 g/mol. The molecule has 148 valence electrons. The molecule has 3 aromatic carbocycles. The lowest BCUT2D eigenvalue weighted by Gasteiger charge is -2.12. The van der Waals surface area contributed by atoms with Gasteiger partial charge in [0.15, 0.2) is 0 Å². The lowest BCUT2D eigenvalue weighted by molar-refractivity contribution is 0.280. The summed E-state index contributed by atoms with van der Waals surface area (Å²) in [6, 6.07) is 23.7. The molecule has 0 saturated heterocycles. The number of hydrogen-bond acceptors (Lipinski definition) is 3. The monoisotopic (exact) mass is 406 g/mol. The Morgan fingerprint density at radius 1 is 0.897 bits per heavy atom. The molecule has 0 N–H and O–H groups in total. The van der Waals surface area contributed by atoms with E-state index in [9.17, 15) is 0 Å². The van der Waals surface area contributed by atoms with Crippen molar-refractivity contribution in [3.8, 4) is 11.5 Å². The minimum absolute atomic E-state index is 0.427. The second kappa shape index (κ2) is 9.01. The van der Waals surface area contributed by atoms with E-state index in [1.165, 1.54) is 0 Å². The molecule has 0 unspecified atom stereocenters. The van der Waals surface area contributed by atoms with Crippen LogP contribution in [-0.2, 0) is 13.2 Å². The average molecular weight is 407 g/mol. The molecule has 29 heavy (non-hydrogen) atoms. The van der Waals surface area contributed by atoms with Crippen molar-refractivity contribution in [1.82, 2.24) is 9.55 Å². The van der Waals surface area contributed by atoms with Gasteiger partial charge in [-0.2, -0.15) is 0 Å². The van der Waals surface area contributed by atoms with Crippen LogP contribution in [-0.4, -0.2) is 16.2 Å². The van der Waals surface area contributed by atoms with Gasteiger partial charge in [-0.3, -0.25) is 0 Å². The zero-order chi connectivity index (χ0) is 20.1. The van der Waals surface area contributed by atoms with E-state index in [1.54, 1.807) is 0 Å². The van der Waals surface area contributed by atoms with Crippen molar-refractivity contribution >= 4 is 22.6 Å². The highest BCUT2D eigenvalue weighted by atomic mass is 35.5. The third kappa shape index (κ3) is 4.72. The molecule has 1 heterocycles. The zero-order valence-corrected chi connectivity index (χ0v) is 17.1. The van der Waals surface area contributed by atoms with E-state index in [0.29, 0.717) is 13.2 Å². The van der Waals surface area contributed by atoms with Crippen LogP contribution >= 0.6 is 11.6 Å². The van der Waals surface area contributed by atoms with Gasteiger partial charge in [0.25, 0.3) is 0 Å². The van der Waals surface area contributed by atoms with Crippen molar-refractivity contribution in [2.75, 3.05) is 6.61 Å². The van der Waals surface area contributed by atoms with Gasteiger partial charge < -0.3 is 14.0 Å². The fourth-order valence-corrected chi connectivity index (χ4v) is 3.39. The fraction of sp³-hybridized carbons (Fsp3) is 0.208. The number of aromatic nitrogens is 2. The summed E-state index contributed by atoms with van der Waals surface area (Å²) in [5, 5.41) is 0.755. The molecule has 0 radical (unpaired) electrons. The Balaban J connectivity index is 1.43. The van der Waals surface area contributed by atoms with Crippen molar-refractivity contribution in [2.45, 2.75) is 26.5 Å². The Morgan fingerprint density at radius 2 is 1.69 bits per heavy atom. The van der Waals surface area contributed by atoms with Gasteiger partial charge >= 0.3 is 0 Å². The first kappa shape index (κ1) is 19.3. The molecule has 4 aromatic rings. The van der Waals surface area contributed by atoms with E-state index in [2.05, 4.69) is 10.6 Å². The summed E-state index contributed by atoms with van der Waals surface area (Å²) >= 11 is 6.08. The lowest BCUT2D eigenvalue weighted by atomic mass is 10.2. The highest BCUT2D eigenvalue weighted by Gasteiger charge is 2.11. The Bertz CT molecular complexity index is 1090. The van der Waals surface area contributed by atoms with Crippen LogP contribution in [0.2, 0.25) is 5.02 Å². The molecule has 0 aliphatic carbocycles. The third-order valence-electron chi connectivity index (χ3n) is 4.77. The molecule has 0 spiro atoms. The number of imidazole rings is 1. The van der Waals surface area contributed by atoms with Gasteiger partial charge in [0.05, 0.1) is 17.6 Å². The second-order valence-corrected chi connectivity index (χ2v) is 7.29. The number of aryl methyl sites for hydroxylation is 2. The highest BCUT2D eigenvalue weighted by Crippen LogP contribution is 2.22. The lowest BCUT2D eigenvalue weighted by Crippen LogP contribution is -2.10. The molecule has 0 aliphatic heterocycles. The second-order valence-electron chi connectivity index (χ2n) is 6.88. The molecule has 0 atom stereocenters. The topological polar surface area (TPSA) is 36.3 Å². The highest BCUT2D eigenvalue weighted by molar-refractivity contribution is 6.31. The minimum Gasteiger partial charge on any atom is -0.494 e. The van der Waals surface area contributed by atoms with Crippen LogP contribution in [0.5, 0.6) is 11.5 Å². The quantitative estimate of drug-likeness (QED) is 0.334. The number of hydrogen-bond donors (Lipinski definition) is 0.